The summed E-state index contributed by atoms with van der Waals surface area (Å²) in [5.41, 5.74) is 12.0. The maximum Gasteiger partial charge on any atom is 0.232 e. The standard InChI is InChI=1S/C17H23N7O2/c1-26-13-4-2-3-12(9-13)20-17-22-14(21-16(19)23-17)10-24-7-5-11(6-8-24)15(18)25/h2-4,9,11H,5-8,10H2,1H3,(H2,18,25)(H3,19,20,21,22,23). The predicted octanol–water partition coefficient (Wildman–Crippen LogP) is 0.903. The van der Waals surface area contributed by atoms with Crippen molar-refractivity contribution in [2.75, 3.05) is 31.2 Å². The highest BCUT2D eigenvalue weighted by Gasteiger charge is 2.23. The quantitative estimate of drug-likeness (QED) is 0.695. The third-order valence-corrected chi connectivity index (χ3v) is 4.38. The summed E-state index contributed by atoms with van der Waals surface area (Å²) in [4.78, 5) is 26.2. The number of carbonyl (C=O) groups is 1. The van der Waals surface area contributed by atoms with Crippen LogP contribution in [0.15, 0.2) is 24.3 Å². The molecule has 9 nitrogen and oxygen atoms in total. The number of hydrogen-bond acceptors (Lipinski definition) is 8. The zero-order valence-corrected chi connectivity index (χ0v) is 14.7. The van der Waals surface area contributed by atoms with E-state index < -0.39 is 0 Å². The van der Waals surface area contributed by atoms with Crippen LogP contribution in [0, 0.1) is 5.92 Å². The van der Waals surface area contributed by atoms with Gasteiger partial charge in [-0.25, -0.2) is 0 Å². The van der Waals surface area contributed by atoms with Gasteiger partial charge in [0.05, 0.1) is 13.7 Å². The molecular formula is C17H23N7O2. The zero-order chi connectivity index (χ0) is 18.5. The Balaban J connectivity index is 1.67. The minimum atomic E-state index is -0.223. The van der Waals surface area contributed by atoms with E-state index >= 15 is 0 Å². The molecule has 2 heterocycles. The fraction of sp³-hybridized carbons (Fsp3) is 0.412. The molecule has 1 aromatic heterocycles. The van der Waals surface area contributed by atoms with E-state index in [4.69, 9.17) is 16.2 Å². The minimum Gasteiger partial charge on any atom is -0.497 e. The maximum absolute atomic E-state index is 11.3. The zero-order valence-electron chi connectivity index (χ0n) is 14.7. The van der Waals surface area contributed by atoms with Crippen molar-refractivity contribution in [3.8, 4) is 5.75 Å². The van der Waals surface area contributed by atoms with Crippen LogP contribution in [0.4, 0.5) is 17.6 Å². The summed E-state index contributed by atoms with van der Waals surface area (Å²) in [6.45, 7) is 2.10. The molecule has 0 unspecified atom stereocenters. The second kappa shape index (κ2) is 7.96. The smallest absolute Gasteiger partial charge is 0.232 e. The molecule has 0 radical (unpaired) electrons. The molecule has 9 heteroatoms. The summed E-state index contributed by atoms with van der Waals surface area (Å²) in [6, 6.07) is 7.45. The molecule has 1 fully saturated rings. The van der Waals surface area contributed by atoms with Gasteiger partial charge in [-0.05, 0) is 38.1 Å². The lowest BCUT2D eigenvalue weighted by molar-refractivity contribution is -0.123. The summed E-state index contributed by atoms with van der Waals surface area (Å²) >= 11 is 0. The van der Waals surface area contributed by atoms with Crippen LogP contribution in [-0.4, -0.2) is 46.0 Å². The molecule has 0 bridgehead atoms. The average Bonchev–Trinajstić information content (AvgIpc) is 2.62. The van der Waals surface area contributed by atoms with Crippen molar-refractivity contribution in [3.05, 3.63) is 30.1 Å². The van der Waals surface area contributed by atoms with Crippen molar-refractivity contribution in [3.63, 3.8) is 0 Å². The van der Waals surface area contributed by atoms with Crippen molar-refractivity contribution in [1.29, 1.82) is 0 Å². The van der Waals surface area contributed by atoms with Gasteiger partial charge in [0.1, 0.15) is 11.6 Å². The fourth-order valence-electron chi connectivity index (χ4n) is 2.97. The number of primary amides is 1. The molecule has 1 saturated heterocycles. The van der Waals surface area contributed by atoms with Crippen molar-refractivity contribution >= 4 is 23.5 Å². The molecule has 0 atom stereocenters. The number of nitrogen functional groups attached to an aromatic ring is 1. The van der Waals surface area contributed by atoms with E-state index in [1.54, 1.807) is 7.11 Å². The summed E-state index contributed by atoms with van der Waals surface area (Å²) in [7, 11) is 1.61. The lowest BCUT2D eigenvalue weighted by atomic mass is 9.96. The van der Waals surface area contributed by atoms with Crippen molar-refractivity contribution in [2.45, 2.75) is 19.4 Å². The third kappa shape index (κ3) is 4.57. The van der Waals surface area contributed by atoms with E-state index in [1.807, 2.05) is 24.3 Å². The molecule has 5 N–H and O–H groups in total. The molecule has 2 aromatic rings. The Morgan fingerprint density at radius 1 is 1.31 bits per heavy atom. The second-order valence-electron chi connectivity index (χ2n) is 6.24. The van der Waals surface area contributed by atoms with Gasteiger partial charge in [-0.2, -0.15) is 15.0 Å². The first-order valence-corrected chi connectivity index (χ1v) is 8.46. The SMILES string of the molecule is COc1cccc(Nc2nc(N)nc(CN3CCC(C(N)=O)CC3)n2)c1. The van der Waals surface area contributed by atoms with Gasteiger partial charge in [0.2, 0.25) is 17.8 Å². The topological polar surface area (TPSA) is 132 Å². The Labute approximate surface area is 151 Å². The fourth-order valence-corrected chi connectivity index (χ4v) is 2.97. The molecule has 138 valence electrons. The van der Waals surface area contributed by atoms with E-state index in [1.165, 1.54) is 0 Å². The van der Waals surface area contributed by atoms with Gasteiger partial charge < -0.3 is 21.5 Å². The number of nitrogens with two attached hydrogens (primary N) is 2. The Bertz CT molecular complexity index is 775. The Morgan fingerprint density at radius 3 is 2.77 bits per heavy atom. The molecule has 1 aromatic carbocycles. The first-order chi connectivity index (χ1) is 12.5. The predicted molar refractivity (Wildman–Crippen MR) is 97.7 cm³/mol. The first-order valence-electron chi connectivity index (χ1n) is 8.46. The van der Waals surface area contributed by atoms with Gasteiger partial charge in [-0.3, -0.25) is 9.69 Å². The number of nitrogens with one attached hydrogen (secondary N) is 1. The maximum atomic E-state index is 11.3. The number of likely N-dealkylation sites (tertiary alicyclic amines) is 1. The second-order valence-corrected chi connectivity index (χ2v) is 6.24. The number of carbonyl (C=O) groups excluding carboxylic acids is 1. The van der Waals surface area contributed by atoms with Crippen molar-refractivity contribution in [2.24, 2.45) is 11.7 Å². The Kier molecular flexibility index (Phi) is 5.47. The van der Waals surface area contributed by atoms with Crippen LogP contribution >= 0.6 is 0 Å². The van der Waals surface area contributed by atoms with E-state index in [0.29, 0.717) is 18.3 Å². The van der Waals surface area contributed by atoms with E-state index in [2.05, 4.69) is 25.2 Å². The molecule has 0 aliphatic carbocycles. The van der Waals surface area contributed by atoms with Crippen LogP contribution in [0.2, 0.25) is 0 Å². The minimum absolute atomic E-state index is 0.0417. The summed E-state index contributed by atoms with van der Waals surface area (Å²) < 4.78 is 5.21. The highest BCUT2D eigenvalue weighted by atomic mass is 16.5. The van der Waals surface area contributed by atoms with Crippen LogP contribution in [0.1, 0.15) is 18.7 Å². The normalized spacial score (nSPS) is 15.6. The number of ether oxygens (including phenoxy) is 1. The van der Waals surface area contributed by atoms with E-state index in [-0.39, 0.29) is 17.8 Å². The number of rotatable bonds is 6. The summed E-state index contributed by atoms with van der Waals surface area (Å²) in [5, 5.41) is 3.12. The number of anilines is 3. The molecule has 1 aliphatic rings. The van der Waals surface area contributed by atoms with E-state index in [9.17, 15) is 4.79 Å². The van der Waals surface area contributed by atoms with Gasteiger partial charge in [0, 0.05) is 17.7 Å². The number of methoxy groups -OCH3 is 1. The lowest BCUT2D eigenvalue weighted by Gasteiger charge is -2.29. The van der Waals surface area contributed by atoms with Gasteiger partial charge in [0.25, 0.3) is 0 Å². The molecule has 1 amide bonds. The third-order valence-electron chi connectivity index (χ3n) is 4.38. The van der Waals surface area contributed by atoms with Crippen LogP contribution < -0.4 is 21.5 Å². The number of hydrogen-bond donors (Lipinski definition) is 3. The summed E-state index contributed by atoms with van der Waals surface area (Å²) in [6.07, 6.45) is 1.51. The van der Waals surface area contributed by atoms with Crippen LogP contribution in [-0.2, 0) is 11.3 Å². The van der Waals surface area contributed by atoms with Gasteiger partial charge in [-0.1, -0.05) is 6.07 Å². The highest BCUT2D eigenvalue weighted by molar-refractivity contribution is 5.76. The molecule has 0 saturated carbocycles. The number of aromatic nitrogens is 3. The van der Waals surface area contributed by atoms with Crippen LogP contribution in [0.25, 0.3) is 0 Å². The van der Waals surface area contributed by atoms with Gasteiger partial charge in [0.15, 0.2) is 0 Å². The molecule has 26 heavy (non-hydrogen) atoms. The summed E-state index contributed by atoms with van der Waals surface area (Å²) in [5.74, 6) is 1.59. The monoisotopic (exact) mass is 357 g/mol. The largest absolute Gasteiger partial charge is 0.497 e. The van der Waals surface area contributed by atoms with Crippen molar-refractivity contribution < 1.29 is 9.53 Å². The van der Waals surface area contributed by atoms with Crippen LogP contribution in [0.5, 0.6) is 5.75 Å². The number of amides is 1. The average molecular weight is 357 g/mol. The molecule has 0 spiro atoms. The van der Waals surface area contributed by atoms with E-state index in [0.717, 1.165) is 37.4 Å². The lowest BCUT2D eigenvalue weighted by Crippen LogP contribution is -2.38. The Morgan fingerprint density at radius 2 is 2.08 bits per heavy atom. The molecule has 1 aliphatic heterocycles. The molecular weight excluding hydrogens is 334 g/mol. The number of piperidine rings is 1. The van der Waals surface area contributed by atoms with Crippen LogP contribution in [0.3, 0.4) is 0 Å². The Hall–Kier alpha value is -2.94. The molecule has 3 rings (SSSR count). The van der Waals surface area contributed by atoms with Gasteiger partial charge in [-0.15, -0.1) is 0 Å². The number of benzene rings is 1. The number of nitrogens with zero attached hydrogens (tertiary/aromatic N) is 4. The first kappa shape index (κ1) is 17.9. The highest BCUT2D eigenvalue weighted by Crippen LogP contribution is 2.21. The van der Waals surface area contributed by atoms with Gasteiger partial charge >= 0.3 is 0 Å². The van der Waals surface area contributed by atoms with Crippen molar-refractivity contribution in [1.82, 2.24) is 19.9 Å².